The van der Waals surface area contributed by atoms with Gasteiger partial charge >= 0.3 is 0 Å². The molecule has 0 spiro atoms. The van der Waals surface area contributed by atoms with Gasteiger partial charge in [-0.3, -0.25) is 0 Å². The molecule has 0 unspecified atom stereocenters. The fraction of sp³-hybridized carbons (Fsp3) is 0.684. The quantitative estimate of drug-likeness (QED) is 0.827. The molecule has 1 aliphatic carbocycles. The van der Waals surface area contributed by atoms with Crippen LogP contribution in [0.4, 0.5) is 0 Å². The molecule has 2 fully saturated rings. The minimum absolute atomic E-state index is 0.774. The van der Waals surface area contributed by atoms with Gasteiger partial charge in [0.1, 0.15) is 0 Å². The van der Waals surface area contributed by atoms with Gasteiger partial charge in [0, 0.05) is 12.6 Å². The molecule has 1 aliphatic heterocycles. The van der Waals surface area contributed by atoms with Gasteiger partial charge in [0.2, 0.25) is 0 Å². The van der Waals surface area contributed by atoms with Crippen LogP contribution in [-0.4, -0.2) is 37.1 Å². The second-order valence-electron chi connectivity index (χ2n) is 6.92. The lowest BCUT2D eigenvalue weighted by molar-refractivity contribution is 0.199. The van der Waals surface area contributed by atoms with E-state index in [1.54, 1.807) is 0 Å². The topological polar surface area (TPSA) is 15.3 Å². The zero-order valence-electron chi connectivity index (χ0n) is 13.4. The van der Waals surface area contributed by atoms with Gasteiger partial charge in [-0.2, -0.15) is 0 Å². The lowest BCUT2D eigenvalue weighted by atomic mass is 10.0. The highest BCUT2D eigenvalue weighted by atomic mass is 15.1. The summed E-state index contributed by atoms with van der Waals surface area (Å²) in [7, 11) is 0. The fourth-order valence-corrected chi connectivity index (χ4v) is 3.67. The molecule has 1 saturated carbocycles. The number of nitrogens with one attached hydrogen (secondary N) is 1. The van der Waals surface area contributed by atoms with E-state index in [2.05, 4.69) is 47.5 Å². The van der Waals surface area contributed by atoms with Crippen LogP contribution in [0.3, 0.4) is 0 Å². The molecule has 1 saturated heterocycles. The Balaban J connectivity index is 1.30. The van der Waals surface area contributed by atoms with Crippen LogP contribution in [0.25, 0.3) is 0 Å². The Morgan fingerprint density at radius 2 is 1.86 bits per heavy atom. The molecule has 1 N–H and O–H groups in total. The van der Waals surface area contributed by atoms with Gasteiger partial charge in [-0.25, -0.2) is 0 Å². The van der Waals surface area contributed by atoms with Gasteiger partial charge in [0.05, 0.1) is 0 Å². The van der Waals surface area contributed by atoms with E-state index < -0.39 is 0 Å². The average molecular weight is 286 g/mol. The first-order valence-electron chi connectivity index (χ1n) is 8.85. The zero-order valence-corrected chi connectivity index (χ0v) is 13.4. The third-order valence-corrected chi connectivity index (χ3v) is 5.41. The molecule has 1 aromatic carbocycles. The van der Waals surface area contributed by atoms with Crippen LogP contribution < -0.4 is 5.32 Å². The molecule has 1 aromatic rings. The van der Waals surface area contributed by atoms with Crippen molar-refractivity contribution >= 4 is 0 Å². The number of hydrogen-bond donors (Lipinski definition) is 1. The molecule has 21 heavy (non-hydrogen) atoms. The third-order valence-electron chi connectivity index (χ3n) is 5.41. The Morgan fingerprint density at radius 3 is 2.52 bits per heavy atom. The fourth-order valence-electron chi connectivity index (χ4n) is 3.67. The number of hydrogen-bond acceptors (Lipinski definition) is 2. The van der Waals surface area contributed by atoms with E-state index in [9.17, 15) is 0 Å². The SMILES string of the molecule is CC[C@@H]1C[C@H]1CNC1CCN(CCc2ccccc2)CC1. The monoisotopic (exact) mass is 286 g/mol. The second-order valence-corrected chi connectivity index (χ2v) is 6.92. The second kappa shape index (κ2) is 7.42. The van der Waals surface area contributed by atoms with Crippen LogP contribution in [0.5, 0.6) is 0 Å². The largest absolute Gasteiger partial charge is 0.314 e. The highest BCUT2D eigenvalue weighted by molar-refractivity contribution is 5.14. The van der Waals surface area contributed by atoms with Crippen molar-refractivity contribution in [2.75, 3.05) is 26.2 Å². The average Bonchev–Trinajstić information content (AvgIpc) is 3.32. The van der Waals surface area contributed by atoms with E-state index in [1.807, 2.05) is 0 Å². The highest BCUT2D eigenvalue weighted by Gasteiger charge is 2.35. The van der Waals surface area contributed by atoms with E-state index >= 15 is 0 Å². The summed E-state index contributed by atoms with van der Waals surface area (Å²) in [6, 6.07) is 11.7. The van der Waals surface area contributed by atoms with Crippen LogP contribution in [0, 0.1) is 11.8 Å². The maximum absolute atomic E-state index is 3.82. The van der Waals surface area contributed by atoms with Crippen LogP contribution in [0.1, 0.15) is 38.2 Å². The van der Waals surface area contributed by atoms with E-state index in [1.165, 1.54) is 63.8 Å². The number of rotatable bonds is 7. The van der Waals surface area contributed by atoms with E-state index in [4.69, 9.17) is 0 Å². The van der Waals surface area contributed by atoms with Gasteiger partial charge in [-0.05, 0) is 62.7 Å². The van der Waals surface area contributed by atoms with Crippen LogP contribution in [0.2, 0.25) is 0 Å². The molecule has 0 amide bonds. The van der Waals surface area contributed by atoms with Crippen molar-refractivity contribution < 1.29 is 0 Å². The Labute approximate surface area is 129 Å². The molecule has 0 bridgehead atoms. The minimum Gasteiger partial charge on any atom is -0.314 e. The third kappa shape index (κ3) is 4.55. The Hall–Kier alpha value is -0.860. The summed E-state index contributed by atoms with van der Waals surface area (Å²) in [6.07, 6.45) is 6.71. The van der Waals surface area contributed by atoms with Crippen molar-refractivity contribution in [3.05, 3.63) is 35.9 Å². The molecular weight excluding hydrogens is 256 g/mol. The van der Waals surface area contributed by atoms with E-state index in [0.717, 1.165) is 17.9 Å². The van der Waals surface area contributed by atoms with Crippen molar-refractivity contribution in [1.82, 2.24) is 10.2 Å². The molecule has 3 rings (SSSR count). The standard InChI is InChI=1S/C19H30N2/c1-2-17-14-18(17)15-20-19-9-12-21(13-10-19)11-8-16-6-4-3-5-7-16/h3-7,17-20H,2,8-15H2,1H3/t17-,18+/m1/s1. The summed E-state index contributed by atoms with van der Waals surface area (Å²) in [5.74, 6) is 2.02. The number of benzene rings is 1. The van der Waals surface area contributed by atoms with Crippen molar-refractivity contribution in [2.24, 2.45) is 11.8 Å². The van der Waals surface area contributed by atoms with Crippen molar-refractivity contribution in [3.8, 4) is 0 Å². The lowest BCUT2D eigenvalue weighted by Crippen LogP contribution is -2.43. The number of piperidine rings is 1. The first-order chi connectivity index (χ1) is 10.3. The molecule has 0 aromatic heterocycles. The molecular formula is C19H30N2. The van der Waals surface area contributed by atoms with Gasteiger partial charge in [0.25, 0.3) is 0 Å². The molecule has 2 atom stereocenters. The van der Waals surface area contributed by atoms with Gasteiger partial charge in [-0.15, -0.1) is 0 Å². The highest BCUT2D eigenvalue weighted by Crippen LogP contribution is 2.40. The molecule has 2 nitrogen and oxygen atoms in total. The summed E-state index contributed by atoms with van der Waals surface area (Å²) < 4.78 is 0. The zero-order chi connectivity index (χ0) is 14.5. The summed E-state index contributed by atoms with van der Waals surface area (Å²) in [6.45, 7) is 7.36. The normalized spacial score (nSPS) is 26.9. The molecule has 1 heterocycles. The van der Waals surface area contributed by atoms with Crippen LogP contribution in [-0.2, 0) is 6.42 Å². The smallest absolute Gasteiger partial charge is 0.00915 e. The summed E-state index contributed by atoms with van der Waals surface area (Å²) in [4.78, 5) is 2.64. The molecule has 2 heteroatoms. The first-order valence-corrected chi connectivity index (χ1v) is 8.85. The molecule has 2 aliphatic rings. The first kappa shape index (κ1) is 15.1. The van der Waals surface area contributed by atoms with E-state index in [0.29, 0.717) is 0 Å². The minimum atomic E-state index is 0.774. The summed E-state index contributed by atoms with van der Waals surface area (Å²) in [5, 5.41) is 3.82. The van der Waals surface area contributed by atoms with Crippen molar-refractivity contribution in [2.45, 2.75) is 45.1 Å². The maximum atomic E-state index is 3.82. The van der Waals surface area contributed by atoms with Crippen LogP contribution in [0.15, 0.2) is 30.3 Å². The van der Waals surface area contributed by atoms with Crippen LogP contribution >= 0.6 is 0 Å². The predicted molar refractivity (Wildman–Crippen MR) is 89.5 cm³/mol. The predicted octanol–water partition coefficient (Wildman–Crippen LogP) is 3.33. The number of nitrogens with zero attached hydrogens (tertiary/aromatic N) is 1. The van der Waals surface area contributed by atoms with Gasteiger partial charge in [-0.1, -0.05) is 43.7 Å². The summed E-state index contributed by atoms with van der Waals surface area (Å²) >= 11 is 0. The lowest BCUT2D eigenvalue weighted by Gasteiger charge is -2.32. The Bertz CT molecular complexity index is 409. The van der Waals surface area contributed by atoms with Gasteiger partial charge < -0.3 is 10.2 Å². The summed E-state index contributed by atoms with van der Waals surface area (Å²) in [5.41, 5.74) is 1.47. The van der Waals surface area contributed by atoms with Crippen molar-refractivity contribution in [1.29, 1.82) is 0 Å². The number of likely N-dealkylation sites (tertiary alicyclic amines) is 1. The molecule has 116 valence electrons. The molecule has 0 radical (unpaired) electrons. The maximum Gasteiger partial charge on any atom is 0.00915 e. The van der Waals surface area contributed by atoms with Gasteiger partial charge in [0.15, 0.2) is 0 Å². The Kier molecular flexibility index (Phi) is 5.32. The van der Waals surface area contributed by atoms with E-state index in [-0.39, 0.29) is 0 Å². The van der Waals surface area contributed by atoms with Crippen molar-refractivity contribution in [3.63, 3.8) is 0 Å². The Morgan fingerprint density at radius 1 is 1.10 bits per heavy atom.